The normalized spacial score (nSPS) is 12.4. The molecule has 1 aromatic rings. The summed E-state index contributed by atoms with van der Waals surface area (Å²) in [5.41, 5.74) is 0. The molecule has 1 heterocycles. The minimum Gasteiger partial charge on any atom is -0.481 e. The van der Waals surface area contributed by atoms with E-state index in [1.807, 2.05) is 13.8 Å². The van der Waals surface area contributed by atoms with Gasteiger partial charge >= 0.3 is 5.97 Å². The van der Waals surface area contributed by atoms with E-state index in [1.165, 1.54) is 17.3 Å². The van der Waals surface area contributed by atoms with Crippen molar-refractivity contribution in [2.24, 2.45) is 5.92 Å². The highest BCUT2D eigenvalue weighted by Crippen LogP contribution is 2.06. The van der Waals surface area contributed by atoms with Gasteiger partial charge in [-0.15, -0.1) is 0 Å². The average Bonchev–Trinajstić information content (AvgIpc) is 2.68. The monoisotopic (exact) mass is 240 g/mol. The fraction of sp³-hybridized carbons (Fsp3) is 0.600. The van der Waals surface area contributed by atoms with E-state index in [9.17, 15) is 9.59 Å². The number of carbonyl (C=O) groups excluding carboxylic acids is 1. The van der Waals surface area contributed by atoms with Gasteiger partial charge in [0.15, 0.2) is 0 Å². The number of amides is 1. The smallest absolute Gasteiger partial charge is 0.305 e. The Labute approximate surface area is 98.8 Å². The summed E-state index contributed by atoms with van der Waals surface area (Å²) in [4.78, 5) is 26.0. The Morgan fingerprint density at radius 1 is 1.47 bits per heavy atom. The van der Waals surface area contributed by atoms with Crippen LogP contribution in [0.3, 0.4) is 0 Å². The van der Waals surface area contributed by atoms with Crippen LogP contribution in [0, 0.1) is 5.92 Å². The van der Waals surface area contributed by atoms with Gasteiger partial charge in [0.2, 0.25) is 5.91 Å². The van der Waals surface area contributed by atoms with Crippen molar-refractivity contribution in [3.63, 3.8) is 0 Å². The van der Waals surface area contributed by atoms with E-state index in [4.69, 9.17) is 5.11 Å². The van der Waals surface area contributed by atoms with Crippen molar-refractivity contribution in [2.75, 3.05) is 0 Å². The summed E-state index contributed by atoms with van der Waals surface area (Å²) in [6.45, 7) is 3.77. The van der Waals surface area contributed by atoms with Gasteiger partial charge in [0, 0.05) is 6.04 Å². The summed E-state index contributed by atoms with van der Waals surface area (Å²) in [7, 11) is 0. The third-order valence-corrected chi connectivity index (χ3v) is 2.32. The van der Waals surface area contributed by atoms with E-state index in [1.54, 1.807) is 0 Å². The lowest BCUT2D eigenvalue weighted by Gasteiger charge is -2.20. The lowest BCUT2D eigenvalue weighted by molar-refractivity contribution is -0.138. The van der Waals surface area contributed by atoms with Crippen molar-refractivity contribution < 1.29 is 14.7 Å². The summed E-state index contributed by atoms with van der Waals surface area (Å²) in [6, 6.07) is -0.372. The zero-order chi connectivity index (χ0) is 12.8. The van der Waals surface area contributed by atoms with E-state index < -0.39 is 5.97 Å². The van der Waals surface area contributed by atoms with Gasteiger partial charge in [0.25, 0.3) is 0 Å². The molecular formula is C10H16N4O3. The molecule has 1 unspecified atom stereocenters. The van der Waals surface area contributed by atoms with Crippen molar-refractivity contribution in [3.8, 4) is 0 Å². The average molecular weight is 240 g/mol. The molecule has 1 atom stereocenters. The summed E-state index contributed by atoms with van der Waals surface area (Å²) in [5, 5.41) is 15.2. The SMILES string of the molecule is CC(C)C(CC(=O)O)NC(=O)Cn1cncn1. The first-order valence-corrected chi connectivity index (χ1v) is 5.32. The highest BCUT2D eigenvalue weighted by atomic mass is 16.4. The molecule has 94 valence electrons. The second-order valence-electron chi connectivity index (χ2n) is 4.11. The minimum atomic E-state index is -0.926. The molecule has 0 aliphatic heterocycles. The zero-order valence-electron chi connectivity index (χ0n) is 9.83. The molecule has 0 aliphatic rings. The molecule has 0 saturated heterocycles. The van der Waals surface area contributed by atoms with Gasteiger partial charge < -0.3 is 10.4 Å². The fourth-order valence-electron chi connectivity index (χ4n) is 1.36. The summed E-state index contributed by atoms with van der Waals surface area (Å²) in [5.74, 6) is -1.13. The molecule has 7 heteroatoms. The van der Waals surface area contributed by atoms with Crippen LogP contribution < -0.4 is 5.32 Å². The lowest BCUT2D eigenvalue weighted by Crippen LogP contribution is -2.41. The molecule has 0 saturated carbocycles. The van der Waals surface area contributed by atoms with E-state index in [-0.39, 0.29) is 30.8 Å². The number of aromatic nitrogens is 3. The number of nitrogens with zero attached hydrogens (tertiary/aromatic N) is 3. The van der Waals surface area contributed by atoms with E-state index in [0.29, 0.717) is 0 Å². The van der Waals surface area contributed by atoms with Crippen LogP contribution in [-0.4, -0.2) is 37.8 Å². The van der Waals surface area contributed by atoms with E-state index in [0.717, 1.165) is 0 Å². The van der Waals surface area contributed by atoms with Gasteiger partial charge in [0.1, 0.15) is 19.2 Å². The fourth-order valence-corrected chi connectivity index (χ4v) is 1.36. The van der Waals surface area contributed by atoms with Crippen molar-refractivity contribution in [1.29, 1.82) is 0 Å². The molecule has 0 bridgehead atoms. The number of carboxylic acid groups (broad SMARTS) is 1. The van der Waals surface area contributed by atoms with Crippen LogP contribution in [0.2, 0.25) is 0 Å². The Kier molecular flexibility index (Phi) is 4.62. The number of aliphatic carboxylic acids is 1. The third-order valence-electron chi connectivity index (χ3n) is 2.32. The van der Waals surface area contributed by atoms with Gasteiger partial charge in [-0.1, -0.05) is 13.8 Å². The lowest BCUT2D eigenvalue weighted by atomic mass is 10.0. The Morgan fingerprint density at radius 3 is 2.65 bits per heavy atom. The molecule has 2 N–H and O–H groups in total. The molecule has 0 aromatic carbocycles. The van der Waals surface area contributed by atoms with Crippen molar-refractivity contribution >= 4 is 11.9 Å². The topological polar surface area (TPSA) is 97.1 Å². The minimum absolute atomic E-state index is 0.0445. The standard InChI is InChI=1S/C10H16N4O3/c1-7(2)8(3-10(16)17)13-9(15)4-14-6-11-5-12-14/h5-8H,3-4H2,1-2H3,(H,13,15)(H,16,17). The second kappa shape index (κ2) is 5.97. The van der Waals surface area contributed by atoms with Gasteiger partial charge in [0.05, 0.1) is 6.42 Å². The number of nitrogens with one attached hydrogen (secondary N) is 1. The maximum Gasteiger partial charge on any atom is 0.305 e. The Hall–Kier alpha value is -1.92. The molecule has 1 aromatic heterocycles. The third kappa shape index (κ3) is 4.62. The molecule has 0 spiro atoms. The number of hydrogen-bond donors (Lipinski definition) is 2. The first-order valence-electron chi connectivity index (χ1n) is 5.32. The number of carbonyl (C=O) groups is 2. The van der Waals surface area contributed by atoms with Crippen LogP contribution in [0.1, 0.15) is 20.3 Å². The first-order chi connectivity index (χ1) is 7.99. The Bertz CT molecular complexity index is 375. The number of rotatable bonds is 6. The van der Waals surface area contributed by atoms with Crippen LogP contribution >= 0.6 is 0 Å². The van der Waals surface area contributed by atoms with Gasteiger partial charge in [-0.2, -0.15) is 5.10 Å². The summed E-state index contributed by atoms with van der Waals surface area (Å²) in [6.07, 6.45) is 2.69. The molecular weight excluding hydrogens is 224 g/mol. The zero-order valence-corrected chi connectivity index (χ0v) is 9.83. The van der Waals surface area contributed by atoms with Crippen LogP contribution in [0.4, 0.5) is 0 Å². The van der Waals surface area contributed by atoms with Crippen molar-refractivity contribution in [1.82, 2.24) is 20.1 Å². The van der Waals surface area contributed by atoms with Gasteiger partial charge in [-0.05, 0) is 5.92 Å². The first kappa shape index (κ1) is 13.1. The quantitative estimate of drug-likeness (QED) is 0.723. The van der Waals surface area contributed by atoms with Crippen LogP contribution in [0.15, 0.2) is 12.7 Å². The maximum atomic E-state index is 11.6. The van der Waals surface area contributed by atoms with Gasteiger partial charge in [-0.3, -0.25) is 9.59 Å². The number of hydrogen-bond acceptors (Lipinski definition) is 4. The predicted octanol–water partition coefficient (Wildman–Crippen LogP) is -0.106. The van der Waals surface area contributed by atoms with E-state index >= 15 is 0 Å². The van der Waals surface area contributed by atoms with Crippen LogP contribution in [0.25, 0.3) is 0 Å². The second-order valence-corrected chi connectivity index (χ2v) is 4.11. The van der Waals surface area contributed by atoms with Crippen LogP contribution in [0.5, 0.6) is 0 Å². The Balaban J connectivity index is 2.49. The van der Waals surface area contributed by atoms with Crippen molar-refractivity contribution in [3.05, 3.63) is 12.7 Å². The largest absolute Gasteiger partial charge is 0.481 e. The van der Waals surface area contributed by atoms with Crippen LogP contribution in [-0.2, 0) is 16.1 Å². The summed E-state index contributed by atoms with van der Waals surface area (Å²) < 4.78 is 1.38. The van der Waals surface area contributed by atoms with E-state index in [2.05, 4.69) is 15.4 Å². The predicted molar refractivity (Wildman–Crippen MR) is 59.0 cm³/mol. The highest BCUT2D eigenvalue weighted by molar-refractivity contribution is 5.77. The molecule has 0 fully saturated rings. The molecule has 7 nitrogen and oxygen atoms in total. The highest BCUT2D eigenvalue weighted by Gasteiger charge is 2.19. The molecule has 0 radical (unpaired) electrons. The van der Waals surface area contributed by atoms with Gasteiger partial charge in [-0.25, -0.2) is 9.67 Å². The molecule has 1 rings (SSSR count). The maximum absolute atomic E-state index is 11.6. The molecule has 17 heavy (non-hydrogen) atoms. The molecule has 0 aliphatic carbocycles. The molecule has 1 amide bonds. The number of carboxylic acids is 1. The Morgan fingerprint density at radius 2 is 2.18 bits per heavy atom. The van der Waals surface area contributed by atoms with Crippen molar-refractivity contribution in [2.45, 2.75) is 32.9 Å². The summed E-state index contributed by atoms with van der Waals surface area (Å²) >= 11 is 0.